The van der Waals surface area contributed by atoms with Crippen LogP contribution in [-0.4, -0.2) is 48.6 Å². The van der Waals surface area contributed by atoms with Gasteiger partial charge in [0.1, 0.15) is 0 Å². The highest BCUT2D eigenvalue weighted by molar-refractivity contribution is 7.44. The highest BCUT2D eigenvalue weighted by atomic mass is 31.2. The SMILES string of the molecule is CCOP(OCCCCCCNC(=O)C(F)(F)F)N(C(C)C)C(C)C. The van der Waals surface area contributed by atoms with Gasteiger partial charge in [0, 0.05) is 18.6 Å². The Kier molecular flexibility index (Phi) is 12.6. The quantitative estimate of drug-likeness (QED) is 0.369. The smallest absolute Gasteiger partial charge is 0.348 e. The topological polar surface area (TPSA) is 50.8 Å². The lowest BCUT2D eigenvalue weighted by Gasteiger charge is -2.35. The van der Waals surface area contributed by atoms with Crippen molar-refractivity contribution >= 4 is 14.4 Å². The third kappa shape index (κ3) is 11.0. The van der Waals surface area contributed by atoms with E-state index in [0.29, 0.717) is 31.7 Å². The summed E-state index contributed by atoms with van der Waals surface area (Å²) in [6.07, 6.45) is -1.90. The van der Waals surface area contributed by atoms with E-state index in [1.807, 2.05) is 12.2 Å². The van der Waals surface area contributed by atoms with E-state index in [0.717, 1.165) is 19.3 Å². The summed E-state index contributed by atoms with van der Waals surface area (Å²) in [7, 11) is -1.10. The van der Waals surface area contributed by atoms with Crippen LogP contribution in [0, 0.1) is 0 Å². The van der Waals surface area contributed by atoms with Crippen LogP contribution in [0.15, 0.2) is 0 Å². The molecule has 0 saturated carbocycles. The second-order valence-electron chi connectivity index (χ2n) is 6.22. The predicted octanol–water partition coefficient (Wildman–Crippen LogP) is 4.62. The van der Waals surface area contributed by atoms with Gasteiger partial charge in [-0.05, 0) is 47.5 Å². The Hall–Kier alpha value is -0.430. The number of rotatable bonds is 13. The largest absolute Gasteiger partial charge is 0.471 e. The van der Waals surface area contributed by atoms with Gasteiger partial charge in [0.25, 0.3) is 8.53 Å². The first kappa shape index (κ1) is 24.6. The number of carbonyl (C=O) groups excluding carboxylic acids is 1. The van der Waals surface area contributed by atoms with E-state index in [1.54, 1.807) is 0 Å². The van der Waals surface area contributed by atoms with Crippen LogP contribution in [-0.2, 0) is 13.8 Å². The number of alkyl halides is 3. The average Bonchev–Trinajstić information content (AvgIpc) is 2.47. The van der Waals surface area contributed by atoms with Crippen LogP contribution >= 0.6 is 8.53 Å². The van der Waals surface area contributed by atoms with E-state index in [-0.39, 0.29) is 6.54 Å². The molecule has 0 spiro atoms. The molecule has 1 amide bonds. The lowest BCUT2D eigenvalue weighted by atomic mass is 10.2. The van der Waals surface area contributed by atoms with Gasteiger partial charge in [0.05, 0.1) is 13.2 Å². The number of hydrogen-bond donors (Lipinski definition) is 1. The van der Waals surface area contributed by atoms with Crippen molar-refractivity contribution in [3.05, 3.63) is 0 Å². The molecule has 5 nitrogen and oxygen atoms in total. The average molecular weight is 388 g/mol. The third-order valence-corrected chi connectivity index (χ3v) is 5.49. The van der Waals surface area contributed by atoms with Crippen molar-refractivity contribution in [2.75, 3.05) is 19.8 Å². The van der Waals surface area contributed by atoms with E-state index in [1.165, 1.54) is 0 Å². The zero-order chi connectivity index (χ0) is 19.5. The molecule has 0 aromatic heterocycles. The van der Waals surface area contributed by atoms with Gasteiger partial charge in [0.15, 0.2) is 0 Å². The summed E-state index contributed by atoms with van der Waals surface area (Å²) in [6.45, 7) is 11.5. The molecule has 9 heteroatoms. The Bertz CT molecular complexity index is 361. The van der Waals surface area contributed by atoms with Gasteiger partial charge in [-0.25, -0.2) is 4.67 Å². The molecule has 0 heterocycles. The number of carbonyl (C=O) groups is 1. The van der Waals surface area contributed by atoms with Crippen LogP contribution in [0.1, 0.15) is 60.3 Å². The Balaban J connectivity index is 3.95. The minimum Gasteiger partial charge on any atom is -0.348 e. The van der Waals surface area contributed by atoms with Gasteiger partial charge in [-0.2, -0.15) is 13.2 Å². The number of hydrogen-bond acceptors (Lipinski definition) is 4. The second kappa shape index (κ2) is 12.8. The molecule has 1 atom stereocenters. The molecule has 0 bridgehead atoms. The fourth-order valence-corrected chi connectivity index (χ4v) is 3.88. The molecule has 0 aliphatic rings. The minimum absolute atomic E-state index is 0.0410. The number of nitrogens with zero attached hydrogens (tertiary/aromatic N) is 1. The van der Waals surface area contributed by atoms with E-state index in [4.69, 9.17) is 9.05 Å². The Morgan fingerprint density at radius 1 is 1.04 bits per heavy atom. The van der Waals surface area contributed by atoms with Crippen molar-refractivity contribution in [2.24, 2.45) is 0 Å². The Morgan fingerprint density at radius 2 is 1.60 bits per heavy atom. The molecule has 0 aliphatic carbocycles. The third-order valence-electron chi connectivity index (χ3n) is 3.30. The maximum atomic E-state index is 12.0. The molecule has 0 aliphatic heterocycles. The molecule has 25 heavy (non-hydrogen) atoms. The summed E-state index contributed by atoms with van der Waals surface area (Å²) in [5, 5.41) is 1.87. The second-order valence-corrected chi connectivity index (χ2v) is 7.68. The van der Waals surface area contributed by atoms with Crippen molar-refractivity contribution in [1.29, 1.82) is 0 Å². The number of unbranched alkanes of at least 4 members (excludes halogenated alkanes) is 3. The number of nitrogens with one attached hydrogen (secondary N) is 1. The maximum absolute atomic E-state index is 12.0. The van der Waals surface area contributed by atoms with Gasteiger partial charge < -0.3 is 14.4 Å². The molecule has 1 unspecified atom stereocenters. The minimum atomic E-state index is -4.80. The van der Waals surface area contributed by atoms with Crippen molar-refractivity contribution in [1.82, 2.24) is 9.99 Å². The lowest BCUT2D eigenvalue weighted by molar-refractivity contribution is -0.173. The van der Waals surface area contributed by atoms with Crippen LogP contribution in [0.25, 0.3) is 0 Å². The summed E-state index contributed by atoms with van der Waals surface area (Å²) < 4.78 is 49.9. The molecular formula is C16H32F3N2O3P. The van der Waals surface area contributed by atoms with Gasteiger partial charge in [-0.3, -0.25) is 4.79 Å². The number of halogens is 3. The van der Waals surface area contributed by atoms with E-state index >= 15 is 0 Å². The van der Waals surface area contributed by atoms with Crippen LogP contribution < -0.4 is 5.32 Å². The molecule has 0 fully saturated rings. The molecule has 0 radical (unpaired) electrons. The van der Waals surface area contributed by atoms with Gasteiger partial charge in [-0.15, -0.1) is 0 Å². The monoisotopic (exact) mass is 388 g/mol. The normalized spacial score (nSPS) is 13.7. The fourth-order valence-electron chi connectivity index (χ4n) is 2.28. The van der Waals surface area contributed by atoms with Crippen molar-refractivity contribution < 1.29 is 27.0 Å². The summed E-state index contributed by atoms with van der Waals surface area (Å²) >= 11 is 0. The molecule has 0 rings (SSSR count). The molecule has 0 aromatic rings. The number of amides is 1. The fraction of sp³-hybridized carbons (Fsp3) is 0.938. The summed E-state index contributed by atoms with van der Waals surface area (Å²) in [6, 6.07) is 0.629. The van der Waals surface area contributed by atoms with Crippen molar-refractivity contribution in [3.63, 3.8) is 0 Å². The highest BCUT2D eigenvalue weighted by Gasteiger charge is 2.38. The highest BCUT2D eigenvalue weighted by Crippen LogP contribution is 2.45. The first-order chi connectivity index (χ1) is 11.6. The van der Waals surface area contributed by atoms with Gasteiger partial charge in [-0.1, -0.05) is 12.8 Å². The standard InChI is InChI=1S/C16H32F3N2O3P/c1-6-23-25(21(13(2)3)14(4)5)24-12-10-8-7-9-11-20-15(22)16(17,18)19/h13-14H,6-12H2,1-5H3,(H,20,22). The van der Waals surface area contributed by atoms with Crippen molar-refractivity contribution in [2.45, 2.75) is 78.6 Å². The summed E-state index contributed by atoms with van der Waals surface area (Å²) in [4.78, 5) is 10.6. The summed E-state index contributed by atoms with van der Waals surface area (Å²) in [5.74, 6) is -1.87. The van der Waals surface area contributed by atoms with E-state index in [2.05, 4.69) is 32.4 Å². The molecule has 0 saturated heterocycles. The van der Waals surface area contributed by atoms with Crippen LogP contribution in [0.5, 0.6) is 0 Å². The van der Waals surface area contributed by atoms with Crippen LogP contribution in [0.2, 0.25) is 0 Å². The molecule has 0 aromatic carbocycles. The van der Waals surface area contributed by atoms with E-state index < -0.39 is 20.6 Å². The predicted molar refractivity (Wildman–Crippen MR) is 94.1 cm³/mol. The summed E-state index contributed by atoms with van der Waals surface area (Å²) in [5.41, 5.74) is 0. The molecular weight excluding hydrogens is 356 g/mol. The molecule has 150 valence electrons. The van der Waals surface area contributed by atoms with E-state index in [9.17, 15) is 18.0 Å². The zero-order valence-corrected chi connectivity index (χ0v) is 16.8. The Morgan fingerprint density at radius 3 is 2.08 bits per heavy atom. The van der Waals surface area contributed by atoms with Crippen LogP contribution in [0.4, 0.5) is 13.2 Å². The lowest BCUT2D eigenvalue weighted by Crippen LogP contribution is -2.37. The first-order valence-electron chi connectivity index (χ1n) is 8.80. The zero-order valence-electron chi connectivity index (χ0n) is 15.9. The maximum Gasteiger partial charge on any atom is 0.471 e. The van der Waals surface area contributed by atoms with Crippen molar-refractivity contribution in [3.8, 4) is 0 Å². The van der Waals surface area contributed by atoms with Crippen LogP contribution in [0.3, 0.4) is 0 Å². The Labute approximate surface area is 150 Å². The van der Waals surface area contributed by atoms with Gasteiger partial charge >= 0.3 is 12.1 Å². The first-order valence-corrected chi connectivity index (χ1v) is 9.93. The molecule has 1 N–H and O–H groups in total. The van der Waals surface area contributed by atoms with Gasteiger partial charge in [0.2, 0.25) is 0 Å².